The van der Waals surface area contributed by atoms with Crippen LogP contribution in [-0.2, 0) is 6.42 Å². The van der Waals surface area contributed by atoms with Crippen LogP contribution in [-0.4, -0.2) is 11.0 Å². The average Bonchev–Trinajstić information content (AvgIpc) is 2.61. The van der Waals surface area contributed by atoms with Gasteiger partial charge < -0.3 is 0 Å². The monoisotopic (exact) mass is 255 g/mol. The van der Waals surface area contributed by atoms with Crippen LogP contribution in [0.2, 0.25) is 0 Å². The lowest BCUT2D eigenvalue weighted by Gasteiger charge is -2.30. The summed E-state index contributed by atoms with van der Waals surface area (Å²) in [5, 5.41) is 3.25. The van der Waals surface area contributed by atoms with Crippen LogP contribution >= 0.6 is 11.3 Å². The third kappa shape index (κ3) is 4.74. The van der Waals surface area contributed by atoms with Crippen LogP contribution in [0.15, 0.2) is 5.38 Å². The van der Waals surface area contributed by atoms with Crippen molar-refractivity contribution in [2.75, 3.05) is 0 Å². The normalized spacial score (nSPS) is 15.9. The van der Waals surface area contributed by atoms with Crippen LogP contribution in [0, 0.1) is 18.3 Å². The van der Waals surface area contributed by atoms with Crippen LogP contribution in [0.4, 0.5) is 0 Å². The number of hydrazine groups is 1. The standard InChI is InChI=1S/C13H25N3S/c1-9(13(3,4)5)6-11(16-14)7-12-8-17-10(2)15-12/h8-9,11,16H,6-7,14H2,1-5H3. The SMILES string of the molecule is Cc1nc(CC(CC(C)C(C)(C)C)NN)cs1. The first-order valence-electron chi connectivity index (χ1n) is 6.20. The van der Waals surface area contributed by atoms with E-state index in [9.17, 15) is 0 Å². The highest BCUT2D eigenvalue weighted by Crippen LogP contribution is 2.29. The molecule has 2 unspecified atom stereocenters. The van der Waals surface area contributed by atoms with E-state index in [1.165, 1.54) is 0 Å². The van der Waals surface area contributed by atoms with Crippen molar-refractivity contribution in [2.24, 2.45) is 17.2 Å². The number of nitrogens with two attached hydrogens (primary N) is 1. The second kappa shape index (κ2) is 5.94. The largest absolute Gasteiger partial charge is 0.271 e. The summed E-state index contributed by atoms with van der Waals surface area (Å²) in [7, 11) is 0. The Hall–Kier alpha value is -0.450. The highest BCUT2D eigenvalue weighted by atomic mass is 32.1. The second-order valence-corrected chi connectivity index (χ2v) is 6.99. The highest BCUT2D eigenvalue weighted by molar-refractivity contribution is 7.09. The van der Waals surface area contributed by atoms with Gasteiger partial charge in [0.1, 0.15) is 0 Å². The van der Waals surface area contributed by atoms with Crippen molar-refractivity contribution in [3.63, 3.8) is 0 Å². The van der Waals surface area contributed by atoms with Gasteiger partial charge in [-0.15, -0.1) is 11.3 Å². The summed E-state index contributed by atoms with van der Waals surface area (Å²) in [5.74, 6) is 6.27. The Bertz CT molecular complexity index is 341. The Kier molecular flexibility index (Phi) is 5.10. The van der Waals surface area contributed by atoms with E-state index in [4.69, 9.17) is 5.84 Å². The van der Waals surface area contributed by atoms with E-state index in [2.05, 4.69) is 43.5 Å². The Morgan fingerprint density at radius 1 is 1.47 bits per heavy atom. The molecule has 3 nitrogen and oxygen atoms in total. The molecule has 17 heavy (non-hydrogen) atoms. The molecule has 0 fully saturated rings. The van der Waals surface area contributed by atoms with Gasteiger partial charge in [-0.25, -0.2) is 4.98 Å². The van der Waals surface area contributed by atoms with Crippen molar-refractivity contribution in [3.8, 4) is 0 Å². The molecule has 0 saturated heterocycles. The van der Waals surface area contributed by atoms with E-state index in [1.807, 2.05) is 6.92 Å². The minimum atomic E-state index is 0.311. The molecule has 4 heteroatoms. The zero-order chi connectivity index (χ0) is 13.1. The van der Waals surface area contributed by atoms with Crippen LogP contribution in [0.25, 0.3) is 0 Å². The quantitative estimate of drug-likeness (QED) is 0.628. The fraction of sp³-hybridized carbons (Fsp3) is 0.769. The van der Waals surface area contributed by atoms with Gasteiger partial charge in [0.25, 0.3) is 0 Å². The molecule has 0 aliphatic rings. The van der Waals surface area contributed by atoms with Crippen molar-refractivity contribution in [2.45, 2.75) is 53.5 Å². The lowest BCUT2D eigenvalue weighted by atomic mass is 9.78. The molecular weight excluding hydrogens is 230 g/mol. The lowest BCUT2D eigenvalue weighted by Crippen LogP contribution is -2.39. The van der Waals surface area contributed by atoms with Gasteiger partial charge in [0.2, 0.25) is 0 Å². The van der Waals surface area contributed by atoms with E-state index in [-0.39, 0.29) is 0 Å². The number of hydrogen-bond acceptors (Lipinski definition) is 4. The Morgan fingerprint density at radius 3 is 2.53 bits per heavy atom. The van der Waals surface area contributed by atoms with Gasteiger partial charge in [0, 0.05) is 17.8 Å². The van der Waals surface area contributed by atoms with Crippen molar-refractivity contribution in [3.05, 3.63) is 16.1 Å². The van der Waals surface area contributed by atoms with E-state index < -0.39 is 0 Å². The maximum absolute atomic E-state index is 5.64. The molecule has 0 spiro atoms. The lowest BCUT2D eigenvalue weighted by molar-refractivity contribution is 0.222. The van der Waals surface area contributed by atoms with Gasteiger partial charge in [-0.1, -0.05) is 27.7 Å². The summed E-state index contributed by atoms with van der Waals surface area (Å²) in [5.41, 5.74) is 4.40. The number of nitrogens with zero attached hydrogens (tertiary/aromatic N) is 1. The zero-order valence-electron chi connectivity index (χ0n) is 11.6. The van der Waals surface area contributed by atoms with Gasteiger partial charge in [0.15, 0.2) is 0 Å². The van der Waals surface area contributed by atoms with Gasteiger partial charge in [-0.2, -0.15) is 0 Å². The minimum Gasteiger partial charge on any atom is -0.271 e. The fourth-order valence-corrected chi connectivity index (χ4v) is 2.37. The first kappa shape index (κ1) is 14.6. The van der Waals surface area contributed by atoms with Gasteiger partial charge in [0.05, 0.1) is 10.7 Å². The summed E-state index contributed by atoms with van der Waals surface area (Å²) < 4.78 is 0. The maximum Gasteiger partial charge on any atom is 0.0897 e. The van der Waals surface area contributed by atoms with Crippen molar-refractivity contribution >= 4 is 11.3 Å². The first-order valence-corrected chi connectivity index (χ1v) is 7.08. The van der Waals surface area contributed by atoms with Crippen LogP contribution in [0.3, 0.4) is 0 Å². The van der Waals surface area contributed by atoms with Crippen molar-refractivity contribution in [1.29, 1.82) is 0 Å². The van der Waals surface area contributed by atoms with Gasteiger partial charge >= 0.3 is 0 Å². The van der Waals surface area contributed by atoms with E-state index in [0.717, 1.165) is 23.5 Å². The number of thiazole rings is 1. The number of hydrogen-bond donors (Lipinski definition) is 2. The summed E-state index contributed by atoms with van der Waals surface area (Å²) >= 11 is 1.70. The molecule has 1 rings (SSSR count). The van der Waals surface area contributed by atoms with E-state index >= 15 is 0 Å². The molecule has 3 N–H and O–H groups in total. The molecule has 0 bridgehead atoms. The molecule has 98 valence electrons. The topological polar surface area (TPSA) is 50.9 Å². The highest BCUT2D eigenvalue weighted by Gasteiger charge is 2.23. The number of rotatable bonds is 5. The maximum atomic E-state index is 5.64. The molecule has 2 atom stereocenters. The first-order chi connectivity index (χ1) is 7.82. The van der Waals surface area contributed by atoms with Gasteiger partial charge in [-0.05, 0) is 24.7 Å². The minimum absolute atomic E-state index is 0.311. The third-order valence-corrected chi connectivity index (χ3v) is 4.30. The van der Waals surface area contributed by atoms with Gasteiger partial charge in [-0.3, -0.25) is 11.3 Å². The summed E-state index contributed by atoms with van der Waals surface area (Å²) in [6, 6.07) is 0.311. The fourth-order valence-electron chi connectivity index (χ4n) is 1.75. The Morgan fingerprint density at radius 2 is 2.12 bits per heavy atom. The number of aromatic nitrogens is 1. The van der Waals surface area contributed by atoms with Crippen molar-refractivity contribution < 1.29 is 0 Å². The van der Waals surface area contributed by atoms with Crippen LogP contribution in [0.1, 0.15) is 44.8 Å². The second-order valence-electron chi connectivity index (χ2n) is 5.93. The predicted octanol–water partition coefficient (Wildman–Crippen LogP) is 2.90. The molecule has 0 aliphatic carbocycles. The molecule has 0 radical (unpaired) electrons. The predicted molar refractivity (Wildman–Crippen MR) is 74.9 cm³/mol. The average molecular weight is 255 g/mol. The van der Waals surface area contributed by atoms with Crippen molar-refractivity contribution in [1.82, 2.24) is 10.4 Å². The molecule has 1 heterocycles. The van der Waals surface area contributed by atoms with Crippen LogP contribution in [0.5, 0.6) is 0 Å². The summed E-state index contributed by atoms with van der Waals surface area (Å²) in [6.07, 6.45) is 2.00. The number of aryl methyl sites for hydroxylation is 1. The Labute approximate surface area is 109 Å². The van der Waals surface area contributed by atoms with E-state index in [0.29, 0.717) is 17.4 Å². The number of nitrogens with one attached hydrogen (secondary N) is 1. The molecule has 0 amide bonds. The zero-order valence-corrected chi connectivity index (χ0v) is 12.4. The molecule has 0 aromatic carbocycles. The molecule has 1 aromatic rings. The molecule has 0 aliphatic heterocycles. The summed E-state index contributed by atoms with van der Waals surface area (Å²) in [4.78, 5) is 4.49. The smallest absolute Gasteiger partial charge is 0.0897 e. The molecule has 0 saturated carbocycles. The van der Waals surface area contributed by atoms with E-state index in [1.54, 1.807) is 11.3 Å². The summed E-state index contributed by atoms with van der Waals surface area (Å²) in [6.45, 7) is 11.2. The Balaban J connectivity index is 2.55. The van der Waals surface area contributed by atoms with Crippen LogP contribution < -0.4 is 11.3 Å². The third-order valence-electron chi connectivity index (χ3n) is 3.47. The molecule has 1 aromatic heterocycles. The molecular formula is C13H25N3S.